The SMILES string of the molecule is CC(C)c1ccc(CNCCc2cnc[nH]2)cc1.Cl.Cl. The molecule has 3 nitrogen and oxygen atoms in total. The number of hydrogen-bond acceptors (Lipinski definition) is 2. The van der Waals surface area contributed by atoms with Gasteiger partial charge >= 0.3 is 0 Å². The van der Waals surface area contributed by atoms with E-state index >= 15 is 0 Å². The van der Waals surface area contributed by atoms with E-state index in [0.29, 0.717) is 5.92 Å². The lowest BCUT2D eigenvalue weighted by molar-refractivity contribution is 0.681. The summed E-state index contributed by atoms with van der Waals surface area (Å²) in [5.74, 6) is 0.604. The predicted molar refractivity (Wildman–Crippen MR) is 89.0 cm³/mol. The van der Waals surface area contributed by atoms with Crippen molar-refractivity contribution in [3.05, 3.63) is 53.6 Å². The molecule has 1 heterocycles. The van der Waals surface area contributed by atoms with E-state index in [1.807, 2.05) is 6.20 Å². The van der Waals surface area contributed by atoms with Crippen molar-refractivity contribution in [1.29, 1.82) is 0 Å². The molecule has 0 bridgehead atoms. The van der Waals surface area contributed by atoms with E-state index in [1.54, 1.807) is 6.33 Å². The third kappa shape index (κ3) is 5.95. The molecule has 5 heteroatoms. The van der Waals surface area contributed by atoms with Gasteiger partial charge in [0.05, 0.1) is 6.33 Å². The lowest BCUT2D eigenvalue weighted by Gasteiger charge is -2.07. The Morgan fingerprint density at radius 1 is 1.15 bits per heavy atom. The molecule has 2 N–H and O–H groups in total. The molecule has 20 heavy (non-hydrogen) atoms. The first-order valence-electron chi connectivity index (χ1n) is 6.52. The van der Waals surface area contributed by atoms with E-state index in [4.69, 9.17) is 0 Å². The maximum absolute atomic E-state index is 4.00. The summed E-state index contributed by atoms with van der Waals surface area (Å²) in [6.07, 6.45) is 4.59. The highest BCUT2D eigenvalue weighted by Gasteiger charge is 1.99. The Morgan fingerprint density at radius 3 is 2.40 bits per heavy atom. The number of halogens is 2. The minimum atomic E-state index is 0. The Balaban J connectivity index is 0.00000180. The van der Waals surface area contributed by atoms with E-state index in [9.17, 15) is 0 Å². The van der Waals surface area contributed by atoms with Crippen molar-refractivity contribution in [2.24, 2.45) is 0 Å². The zero-order valence-corrected chi connectivity index (χ0v) is 13.6. The van der Waals surface area contributed by atoms with Gasteiger partial charge < -0.3 is 10.3 Å². The van der Waals surface area contributed by atoms with Gasteiger partial charge in [-0.05, 0) is 17.0 Å². The third-order valence-corrected chi connectivity index (χ3v) is 3.10. The van der Waals surface area contributed by atoms with Crippen LogP contribution >= 0.6 is 24.8 Å². The molecule has 0 aliphatic rings. The first kappa shape index (κ1) is 19.0. The highest BCUT2D eigenvalue weighted by atomic mass is 35.5. The first-order chi connectivity index (χ1) is 8.75. The summed E-state index contributed by atoms with van der Waals surface area (Å²) in [7, 11) is 0. The van der Waals surface area contributed by atoms with Crippen LogP contribution in [0.15, 0.2) is 36.8 Å². The zero-order valence-electron chi connectivity index (χ0n) is 11.9. The van der Waals surface area contributed by atoms with E-state index in [0.717, 1.165) is 19.5 Å². The molecule has 2 rings (SSSR count). The Labute approximate surface area is 133 Å². The van der Waals surface area contributed by atoms with Gasteiger partial charge in [-0.3, -0.25) is 0 Å². The van der Waals surface area contributed by atoms with Crippen LogP contribution in [-0.4, -0.2) is 16.5 Å². The maximum atomic E-state index is 4.00. The van der Waals surface area contributed by atoms with Crippen LogP contribution in [0.4, 0.5) is 0 Å². The van der Waals surface area contributed by atoms with Crippen molar-refractivity contribution in [1.82, 2.24) is 15.3 Å². The predicted octanol–water partition coefficient (Wildman–Crippen LogP) is 3.71. The fraction of sp³-hybridized carbons (Fsp3) is 0.400. The molecule has 0 aliphatic carbocycles. The van der Waals surface area contributed by atoms with Gasteiger partial charge in [-0.1, -0.05) is 38.1 Å². The van der Waals surface area contributed by atoms with Gasteiger partial charge in [-0.15, -0.1) is 24.8 Å². The maximum Gasteiger partial charge on any atom is 0.0921 e. The smallest absolute Gasteiger partial charge is 0.0921 e. The molecule has 0 spiro atoms. The molecular formula is C15H23Cl2N3. The van der Waals surface area contributed by atoms with E-state index < -0.39 is 0 Å². The molecule has 0 radical (unpaired) electrons. The lowest BCUT2D eigenvalue weighted by atomic mass is 10.0. The Kier molecular flexibility index (Phi) is 9.30. The van der Waals surface area contributed by atoms with Crippen molar-refractivity contribution < 1.29 is 0 Å². The largest absolute Gasteiger partial charge is 0.348 e. The van der Waals surface area contributed by atoms with Crippen molar-refractivity contribution in [2.75, 3.05) is 6.54 Å². The Bertz CT molecular complexity index is 452. The number of nitrogens with one attached hydrogen (secondary N) is 2. The molecule has 0 unspecified atom stereocenters. The van der Waals surface area contributed by atoms with Crippen LogP contribution in [0, 0.1) is 0 Å². The highest BCUT2D eigenvalue weighted by Crippen LogP contribution is 2.14. The van der Waals surface area contributed by atoms with Gasteiger partial charge in [0.25, 0.3) is 0 Å². The second kappa shape index (κ2) is 9.81. The normalized spacial score (nSPS) is 9.95. The zero-order chi connectivity index (χ0) is 12.8. The van der Waals surface area contributed by atoms with E-state index in [1.165, 1.54) is 16.8 Å². The summed E-state index contributed by atoms with van der Waals surface area (Å²) in [4.78, 5) is 7.11. The Hall–Kier alpha value is -1.03. The van der Waals surface area contributed by atoms with Gasteiger partial charge in [0.15, 0.2) is 0 Å². The summed E-state index contributed by atoms with van der Waals surface area (Å²) < 4.78 is 0. The molecule has 0 amide bonds. The lowest BCUT2D eigenvalue weighted by Crippen LogP contribution is -2.16. The second-order valence-corrected chi connectivity index (χ2v) is 4.90. The summed E-state index contributed by atoms with van der Waals surface area (Å²) in [6, 6.07) is 8.85. The van der Waals surface area contributed by atoms with Crippen LogP contribution < -0.4 is 5.32 Å². The standard InChI is InChI=1S/C15H21N3.2ClH/c1-12(2)14-5-3-13(4-6-14)9-16-8-7-15-10-17-11-18-15;;/h3-6,10-12,16H,7-9H2,1-2H3,(H,17,18);2*1H. The van der Waals surface area contributed by atoms with Gasteiger partial charge in [-0.25, -0.2) is 4.98 Å². The van der Waals surface area contributed by atoms with Crippen LogP contribution in [-0.2, 0) is 13.0 Å². The number of aromatic amines is 1. The van der Waals surface area contributed by atoms with Gasteiger partial charge in [0.2, 0.25) is 0 Å². The van der Waals surface area contributed by atoms with Gasteiger partial charge in [-0.2, -0.15) is 0 Å². The van der Waals surface area contributed by atoms with Crippen LogP contribution in [0.5, 0.6) is 0 Å². The number of rotatable bonds is 6. The Morgan fingerprint density at radius 2 is 1.85 bits per heavy atom. The number of hydrogen-bond donors (Lipinski definition) is 2. The highest BCUT2D eigenvalue weighted by molar-refractivity contribution is 5.85. The summed E-state index contributed by atoms with van der Waals surface area (Å²) >= 11 is 0. The molecule has 0 aliphatic heterocycles. The number of imidazole rings is 1. The summed E-state index contributed by atoms with van der Waals surface area (Å²) in [5, 5.41) is 3.44. The minimum Gasteiger partial charge on any atom is -0.348 e. The van der Waals surface area contributed by atoms with Crippen LogP contribution in [0.3, 0.4) is 0 Å². The van der Waals surface area contributed by atoms with Gasteiger partial charge in [0.1, 0.15) is 0 Å². The fourth-order valence-electron chi connectivity index (χ4n) is 1.90. The van der Waals surface area contributed by atoms with Crippen molar-refractivity contribution in [2.45, 2.75) is 32.7 Å². The monoisotopic (exact) mass is 315 g/mol. The van der Waals surface area contributed by atoms with Crippen LogP contribution in [0.2, 0.25) is 0 Å². The summed E-state index contributed by atoms with van der Waals surface area (Å²) in [6.45, 7) is 6.33. The molecule has 0 saturated carbocycles. The van der Waals surface area contributed by atoms with E-state index in [2.05, 4.69) is 53.4 Å². The molecular weight excluding hydrogens is 293 g/mol. The second-order valence-electron chi connectivity index (χ2n) is 4.90. The molecule has 0 atom stereocenters. The number of benzene rings is 1. The number of nitrogens with zero attached hydrogens (tertiary/aromatic N) is 1. The third-order valence-electron chi connectivity index (χ3n) is 3.10. The average molecular weight is 316 g/mol. The number of H-pyrrole nitrogens is 1. The summed E-state index contributed by atoms with van der Waals surface area (Å²) in [5.41, 5.74) is 3.91. The van der Waals surface area contributed by atoms with Crippen molar-refractivity contribution in [3.8, 4) is 0 Å². The quantitative estimate of drug-likeness (QED) is 0.798. The molecule has 0 fully saturated rings. The topological polar surface area (TPSA) is 40.7 Å². The molecule has 112 valence electrons. The van der Waals surface area contributed by atoms with Crippen molar-refractivity contribution in [3.63, 3.8) is 0 Å². The molecule has 1 aromatic heterocycles. The van der Waals surface area contributed by atoms with Crippen LogP contribution in [0.1, 0.15) is 36.6 Å². The molecule has 1 aromatic carbocycles. The minimum absolute atomic E-state index is 0. The van der Waals surface area contributed by atoms with Crippen molar-refractivity contribution >= 4 is 24.8 Å². The molecule has 0 saturated heterocycles. The van der Waals surface area contributed by atoms with Gasteiger partial charge in [0, 0.05) is 31.4 Å². The molecule has 2 aromatic rings. The fourth-order valence-corrected chi connectivity index (χ4v) is 1.90. The average Bonchev–Trinajstić information content (AvgIpc) is 2.88. The first-order valence-corrected chi connectivity index (χ1v) is 6.52. The van der Waals surface area contributed by atoms with Crippen LogP contribution in [0.25, 0.3) is 0 Å². The number of aromatic nitrogens is 2. The van der Waals surface area contributed by atoms with E-state index in [-0.39, 0.29) is 24.8 Å².